The molecule has 2 rings (SSSR count). The van der Waals surface area contributed by atoms with Gasteiger partial charge in [0, 0.05) is 32.2 Å². The third kappa shape index (κ3) is 3.10. The van der Waals surface area contributed by atoms with Crippen molar-refractivity contribution in [3.05, 3.63) is 12.0 Å². The first-order valence-electron chi connectivity index (χ1n) is 6.63. The molecule has 1 aliphatic rings. The van der Waals surface area contributed by atoms with Crippen LogP contribution in [-0.4, -0.2) is 47.1 Å². The molecule has 1 aromatic rings. The molecular weight excluding hydrogens is 247 g/mol. The van der Waals surface area contributed by atoms with Gasteiger partial charge in [0.25, 0.3) is 0 Å². The van der Waals surface area contributed by atoms with Crippen molar-refractivity contribution in [2.45, 2.75) is 26.3 Å². The van der Waals surface area contributed by atoms with Gasteiger partial charge >= 0.3 is 0 Å². The van der Waals surface area contributed by atoms with Crippen LogP contribution >= 0.6 is 0 Å². The smallest absolute Gasteiger partial charge is 0.239 e. The van der Waals surface area contributed by atoms with Crippen LogP contribution in [0.15, 0.2) is 6.20 Å². The van der Waals surface area contributed by atoms with E-state index in [0.717, 1.165) is 38.8 Å². The molecule has 0 amide bonds. The molecule has 1 fully saturated rings. The van der Waals surface area contributed by atoms with Gasteiger partial charge in [-0.15, -0.1) is 0 Å². The zero-order valence-corrected chi connectivity index (χ0v) is 11.4. The highest BCUT2D eigenvalue weighted by molar-refractivity contribution is 5.44. The van der Waals surface area contributed by atoms with Crippen LogP contribution in [0.2, 0.25) is 0 Å². The average Bonchev–Trinajstić information content (AvgIpc) is 2.47. The largest absolute Gasteiger partial charge is 0.351 e. The number of anilines is 2. The molecule has 2 heterocycles. The molecule has 0 spiro atoms. The summed E-state index contributed by atoms with van der Waals surface area (Å²) in [4.78, 5) is 12.2. The van der Waals surface area contributed by atoms with Crippen LogP contribution < -0.4 is 16.2 Å². The van der Waals surface area contributed by atoms with Crippen LogP contribution in [0.1, 0.15) is 20.3 Å². The SMILES string of the molecule is CCC(C)N1CCN(c2nc(NN)ncc2F)CC1. The van der Waals surface area contributed by atoms with Gasteiger partial charge < -0.3 is 4.90 Å². The molecule has 0 saturated carbocycles. The van der Waals surface area contributed by atoms with Gasteiger partial charge in [-0.1, -0.05) is 6.92 Å². The van der Waals surface area contributed by atoms with Gasteiger partial charge in [-0.05, 0) is 13.3 Å². The van der Waals surface area contributed by atoms with Crippen molar-refractivity contribution in [1.29, 1.82) is 0 Å². The lowest BCUT2D eigenvalue weighted by atomic mass is 10.2. The summed E-state index contributed by atoms with van der Waals surface area (Å²) in [5.74, 6) is 5.41. The Morgan fingerprint density at radius 1 is 1.42 bits per heavy atom. The maximum Gasteiger partial charge on any atom is 0.239 e. The zero-order valence-electron chi connectivity index (χ0n) is 11.4. The van der Waals surface area contributed by atoms with Crippen LogP contribution in [0, 0.1) is 5.82 Å². The summed E-state index contributed by atoms with van der Waals surface area (Å²) in [5.41, 5.74) is 2.34. The van der Waals surface area contributed by atoms with E-state index in [1.807, 2.05) is 4.90 Å². The summed E-state index contributed by atoms with van der Waals surface area (Å²) < 4.78 is 13.8. The lowest BCUT2D eigenvalue weighted by Gasteiger charge is -2.38. The summed E-state index contributed by atoms with van der Waals surface area (Å²) in [6.45, 7) is 7.77. The predicted molar refractivity (Wildman–Crippen MR) is 73.3 cm³/mol. The molecule has 0 aliphatic carbocycles. The van der Waals surface area contributed by atoms with Gasteiger partial charge in [-0.3, -0.25) is 10.3 Å². The normalized spacial score (nSPS) is 18.4. The number of aromatic nitrogens is 2. The Kier molecular flexibility index (Phi) is 4.49. The van der Waals surface area contributed by atoms with Crippen molar-refractivity contribution in [2.24, 2.45) is 5.84 Å². The van der Waals surface area contributed by atoms with E-state index in [2.05, 4.69) is 34.1 Å². The molecule has 1 aromatic heterocycles. The van der Waals surface area contributed by atoms with Gasteiger partial charge in [-0.25, -0.2) is 15.2 Å². The molecule has 0 aromatic carbocycles. The van der Waals surface area contributed by atoms with E-state index in [9.17, 15) is 4.39 Å². The van der Waals surface area contributed by atoms with Gasteiger partial charge in [-0.2, -0.15) is 4.98 Å². The van der Waals surface area contributed by atoms with Crippen LogP contribution in [0.4, 0.5) is 16.2 Å². The first kappa shape index (κ1) is 14.0. The van der Waals surface area contributed by atoms with Crippen molar-refractivity contribution >= 4 is 11.8 Å². The Balaban J connectivity index is 2.05. The van der Waals surface area contributed by atoms with E-state index in [0.29, 0.717) is 11.9 Å². The number of nitrogens with zero attached hydrogens (tertiary/aromatic N) is 4. The van der Waals surface area contributed by atoms with Crippen molar-refractivity contribution in [1.82, 2.24) is 14.9 Å². The van der Waals surface area contributed by atoms with E-state index in [1.165, 1.54) is 0 Å². The van der Waals surface area contributed by atoms with Gasteiger partial charge in [0.15, 0.2) is 11.6 Å². The van der Waals surface area contributed by atoms with Crippen LogP contribution in [0.3, 0.4) is 0 Å². The van der Waals surface area contributed by atoms with Crippen molar-refractivity contribution in [3.63, 3.8) is 0 Å². The summed E-state index contributed by atoms with van der Waals surface area (Å²) in [6, 6.07) is 0.568. The second-order valence-corrected chi connectivity index (χ2v) is 4.79. The highest BCUT2D eigenvalue weighted by atomic mass is 19.1. The Morgan fingerprint density at radius 2 is 2.11 bits per heavy atom. The minimum Gasteiger partial charge on any atom is -0.351 e. The Hall–Kier alpha value is -1.47. The van der Waals surface area contributed by atoms with Crippen LogP contribution in [0.5, 0.6) is 0 Å². The summed E-state index contributed by atoms with van der Waals surface area (Å²) in [7, 11) is 0. The molecular formula is C12H21FN6. The van der Waals surface area contributed by atoms with E-state index in [1.54, 1.807) is 0 Å². The molecule has 7 heteroatoms. The average molecular weight is 268 g/mol. The monoisotopic (exact) mass is 268 g/mol. The van der Waals surface area contributed by atoms with Gasteiger partial charge in [0.1, 0.15) is 0 Å². The lowest BCUT2D eigenvalue weighted by molar-refractivity contribution is 0.192. The highest BCUT2D eigenvalue weighted by Gasteiger charge is 2.23. The third-order valence-electron chi connectivity index (χ3n) is 3.68. The van der Waals surface area contributed by atoms with E-state index >= 15 is 0 Å². The molecule has 1 aliphatic heterocycles. The summed E-state index contributed by atoms with van der Waals surface area (Å²) in [6.07, 6.45) is 2.28. The Bertz CT molecular complexity index is 419. The maximum absolute atomic E-state index is 13.8. The molecule has 1 saturated heterocycles. The molecule has 0 radical (unpaired) electrons. The van der Waals surface area contributed by atoms with Crippen LogP contribution in [0.25, 0.3) is 0 Å². The first-order valence-corrected chi connectivity index (χ1v) is 6.63. The predicted octanol–water partition coefficient (Wildman–Crippen LogP) is 0.822. The van der Waals surface area contributed by atoms with Crippen LogP contribution in [-0.2, 0) is 0 Å². The number of halogens is 1. The number of nitrogen functional groups attached to an aromatic ring is 1. The summed E-state index contributed by atoms with van der Waals surface area (Å²) >= 11 is 0. The fourth-order valence-electron chi connectivity index (χ4n) is 2.28. The van der Waals surface area contributed by atoms with Crippen molar-refractivity contribution in [3.8, 4) is 0 Å². The second-order valence-electron chi connectivity index (χ2n) is 4.79. The van der Waals surface area contributed by atoms with E-state index in [-0.39, 0.29) is 5.95 Å². The number of hydrogen-bond donors (Lipinski definition) is 2. The molecule has 1 unspecified atom stereocenters. The Labute approximate surface area is 112 Å². The molecule has 19 heavy (non-hydrogen) atoms. The number of nitrogens with one attached hydrogen (secondary N) is 1. The second kappa shape index (κ2) is 6.12. The fraction of sp³-hybridized carbons (Fsp3) is 0.667. The number of nitrogens with two attached hydrogens (primary N) is 1. The highest BCUT2D eigenvalue weighted by Crippen LogP contribution is 2.19. The van der Waals surface area contributed by atoms with Gasteiger partial charge in [0.05, 0.1) is 6.20 Å². The molecule has 6 nitrogen and oxygen atoms in total. The summed E-state index contributed by atoms with van der Waals surface area (Å²) in [5, 5.41) is 0. The maximum atomic E-state index is 13.8. The van der Waals surface area contributed by atoms with Gasteiger partial charge in [0.2, 0.25) is 5.95 Å². The minimum atomic E-state index is -0.406. The molecule has 0 bridgehead atoms. The third-order valence-corrected chi connectivity index (χ3v) is 3.68. The Morgan fingerprint density at radius 3 is 2.68 bits per heavy atom. The minimum absolute atomic E-state index is 0.237. The van der Waals surface area contributed by atoms with Crippen molar-refractivity contribution in [2.75, 3.05) is 36.5 Å². The molecule has 1 atom stereocenters. The lowest BCUT2D eigenvalue weighted by Crippen LogP contribution is -2.50. The number of piperazine rings is 1. The number of hydrogen-bond acceptors (Lipinski definition) is 6. The first-order chi connectivity index (χ1) is 9.15. The van der Waals surface area contributed by atoms with E-state index < -0.39 is 5.82 Å². The molecule has 106 valence electrons. The van der Waals surface area contributed by atoms with E-state index in [4.69, 9.17) is 5.84 Å². The fourth-order valence-corrected chi connectivity index (χ4v) is 2.28. The quantitative estimate of drug-likeness (QED) is 0.622. The molecule has 3 N–H and O–H groups in total. The number of hydrazine groups is 1. The van der Waals surface area contributed by atoms with Crippen molar-refractivity contribution < 1.29 is 4.39 Å². The zero-order chi connectivity index (χ0) is 13.8. The topological polar surface area (TPSA) is 70.3 Å². The number of rotatable bonds is 4. The standard InChI is InChI=1S/C12H21FN6/c1-3-9(2)18-4-6-19(7-5-18)11-10(13)8-15-12(16-11)17-14/h8-9H,3-7,14H2,1-2H3,(H,15,16,17).